The molecule has 0 aliphatic carbocycles. The quantitative estimate of drug-likeness (QED) is 0.181. The van der Waals surface area contributed by atoms with Gasteiger partial charge in [-0.15, -0.1) is 0 Å². The smallest absolute Gasteiger partial charge is 0.341 e. The summed E-state index contributed by atoms with van der Waals surface area (Å²) in [4.78, 5) is 12.1. The van der Waals surface area contributed by atoms with Crippen molar-refractivity contribution in [1.82, 2.24) is 0 Å². The molecule has 0 aromatic heterocycles. The van der Waals surface area contributed by atoms with E-state index in [4.69, 9.17) is 23.7 Å². The molecule has 6 nitrogen and oxygen atoms in total. The number of benzene rings is 1. The zero-order valence-corrected chi connectivity index (χ0v) is 16.7. The lowest BCUT2D eigenvalue weighted by Crippen LogP contribution is -2.13. The topological polar surface area (TPSA) is 63.2 Å². The van der Waals surface area contributed by atoms with Crippen molar-refractivity contribution in [2.24, 2.45) is 0 Å². The van der Waals surface area contributed by atoms with Gasteiger partial charge in [0.1, 0.15) is 17.1 Å². The molecule has 0 bridgehead atoms. The third-order valence-corrected chi connectivity index (χ3v) is 4.31. The molecular formula is C18H25BrO6. The molecule has 1 aromatic rings. The van der Waals surface area contributed by atoms with Crippen LogP contribution in [0, 0.1) is 0 Å². The van der Waals surface area contributed by atoms with Gasteiger partial charge >= 0.3 is 5.97 Å². The number of halogens is 1. The lowest BCUT2D eigenvalue weighted by Gasteiger charge is -2.17. The predicted octanol–water partition coefficient (Wildman–Crippen LogP) is 3.36. The number of allylic oxidation sites excluding steroid dienone is 2. The first kappa shape index (κ1) is 21.5. The molecule has 0 amide bonds. The first-order valence-electron chi connectivity index (χ1n) is 7.78. The summed E-state index contributed by atoms with van der Waals surface area (Å²) < 4.78 is 26.3. The van der Waals surface area contributed by atoms with Crippen molar-refractivity contribution in [2.45, 2.75) is 13.3 Å². The molecule has 0 saturated heterocycles. The summed E-state index contributed by atoms with van der Waals surface area (Å²) in [5.74, 6) is 0.567. The first-order chi connectivity index (χ1) is 12.1. The molecule has 0 atom stereocenters. The molecule has 0 aliphatic rings. The summed E-state index contributed by atoms with van der Waals surface area (Å²) in [5, 5.41) is 0.766. The highest BCUT2D eigenvalue weighted by molar-refractivity contribution is 9.09. The van der Waals surface area contributed by atoms with Gasteiger partial charge in [-0.3, -0.25) is 0 Å². The van der Waals surface area contributed by atoms with Gasteiger partial charge in [-0.2, -0.15) is 0 Å². The van der Waals surface area contributed by atoms with Crippen molar-refractivity contribution in [3.63, 3.8) is 0 Å². The molecule has 0 fully saturated rings. The molecule has 25 heavy (non-hydrogen) atoms. The Morgan fingerprint density at radius 3 is 2.56 bits per heavy atom. The van der Waals surface area contributed by atoms with Gasteiger partial charge in [-0.05, 0) is 25.5 Å². The van der Waals surface area contributed by atoms with E-state index in [1.165, 1.54) is 7.11 Å². The van der Waals surface area contributed by atoms with Crippen molar-refractivity contribution >= 4 is 21.9 Å². The minimum absolute atomic E-state index is 0.00529. The molecule has 0 unspecified atom stereocenters. The number of carbonyl (C=O) groups is 1. The fraction of sp³-hybridized carbons (Fsp3) is 0.500. The van der Waals surface area contributed by atoms with Gasteiger partial charge in [0.25, 0.3) is 0 Å². The Labute approximate surface area is 157 Å². The molecule has 0 radical (unpaired) electrons. The number of ether oxygens (including phenoxy) is 5. The highest BCUT2D eigenvalue weighted by atomic mass is 79.9. The fourth-order valence-corrected chi connectivity index (χ4v) is 2.29. The minimum Gasteiger partial charge on any atom is -0.496 e. The Morgan fingerprint density at radius 2 is 1.96 bits per heavy atom. The van der Waals surface area contributed by atoms with Gasteiger partial charge in [-0.25, -0.2) is 4.79 Å². The normalized spacial score (nSPS) is 11.3. The van der Waals surface area contributed by atoms with Gasteiger partial charge in [-0.1, -0.05) is 27.6 Å². The molecule has 1 aromatic carbocycles. The predicted molar refractivity (Wildman–Crippen MR) is 98.9 cm³/mol. The van der Waals surface area contributed by atoms with E-state index in [2.05, 4.69) is 15.9 Å². The Kier molecular flexibility index (Phi) is 10.2. The van der Waals surface area contributed by atoms with E-state index in [0.29, 0.717) is 36.7 Å². The maximum atomic E-state index is 12.1. The Bertz CT molecular complexity index is 585. The van der Waals surface area contributed by atoms with Gasteiger partial charge in [0.15, 0.2) is 6.79 Å². The van der Waals surface area contributed by atoms with Crippen molar-refractivity contribution in [2.75, 3.05) is 46.7 Å². The number of esters is 1. The molecule has 7 heteroatoms. The third kappa shape index (κ3) is 6.68. The van der Waals surface area contributed by atoms with E-state index in [1.54, 1.807) is 26.4 Å². The van der Waals surface area contributed by atoms with Gasteiger partial charge in [0.05, 0.1) is 27.4 Å². The molecule has 0 saturated carbocycles. The second-order valence-corrected chi connectivity index (χ2v) is 5.73. The van der Waals surface area contributed by atoms with E-state index in [0.717, 1.165) is 16.5 Å². The maximum Gasteiger partial charge on any atom is 0.341 e. The monoisotopic (exact) mass is 416 g/mol. The highest BCUT2D eigenvalue weighted by Crippen LogP contribution is 2.34. The van der Waals surface area contributed by atoms with Crippen LogP contribution in [0.4, 0.5) is 0 Å². The van der Waals surface area contributed by atoms with Crippen LogP contribution in [0.3, 0.4) is 0 Å². The van der Waals surface area contributed by atoms with Crippen molar-refractivity contribution in [3.8, 4) is 11.5 Å². The van der Waals surface area contributed by atoms with Gasteiger partial charge in [0.2, 0.25) is 0 Å². The number of hydrogen-bond acceptors (Lipinski definition) is 6. The second-order valence-electron chi connectivity index (χ2n) is 5.17. The van der Waals surface area contributed by atoms with Crippen LogP contribution in [-0.4, -0.2) is 52.6 Å². The van der Waals surface area contributed by atoms with Crippen LogP contribution >= 0.6 is 15.9 Å². The Hall–Kier alpha value is -1.57. The lowest BCUT2D eigenvalue weighted by molar-refractivity contribution is -0.00950. The van der Waals surface area contributed by atoms with Crippen molar-refractivity contribution in [3.05, 3.63) is 34.9 Å². The molecular weight excluding hydrogens is 392 g/mol. The number of methoxy groups -OCH3 is 3. The number of carbonyl (C=O) groups excluding carboxylic acids is 1. The second kappa shape index (κ2) is 11.9. The SMILES string of the molecule is COCCOCOc1c(C(=O)OC)ccc(OC)c1C/C=C(\C)CBr. The average molecular weight is 417 g/mol. The Morgan fingerprint density at radius 1 is 1.20 bits per heavy atom. The first-order valence-corrected chi connectivity index (χ1v) is 8.90. The van der Waals surface area contributed by atoms with E-state index < -0.39 is 5.97 Å². The van der Waals surface area contributed by atoms with Crippen LogP contribution in [0.5, 0.6) is 11.5 Å². The molecule has 0 aliphatic heterocycles. The minimum atomic E-state index is -0.475. The zero-order valence-electron chi connectivity index (χ0n) is 15.1. The van der Waals surface area contributed by atoms with Crippen LogP contribution in [0.2, 0.25) is 0 Å². The molecule has 140 valence electrons. The molecule has 0 spiro atoms. The van der Waals surface area contributed by atoms with Gasteiger partial charge in [0, 0.05) is 18.0 Å². The number of alkyl halides is 1. The average Bonchev–Trinajstić information content (AvgIpc) is 2.64. The highest BCUT2D eigenvalue weighted by Gasteiger charge is 2.20. The van der Waals surface area contributed by atoms with Crippen LogP contribution in [0.1, 0.15) is 22.8 Å². The third-order valence-electron chi connectivity index (χ3n) is 3.43. The largest absolute Gasteiger partial charge is 0.496 e. The summed E-state index contributed by atoms with van der Waals surface area (Å²) in [6.07, 6.45) is 2.60. The van der Waals surface area contributed by atoms with Crippen LogP contribution in [0.15, 0.2) is 23.8 Å². The van der Waals surface area contributed by atoms with Crippen LogP contribution in [-0.2, 0) is 20.6 Å². The summed E-state index contributed by atoms with van der Waals surface area (Å²) in [5.41, 5.74) is 2.26. The maximum absolute atomic E-state index is 12.1. The molecule has 0 heterocycles. The van der Waals surface area contributed by atoms with E-state index in [9.17, 15) is 4.79 Å². The lowest BCUT2D eigenvalue weighted by atomic mass is 10.0. The van der Waals surface area contributed by atoms with Crippen LogP contribution in [0.25, 0.3) is 0 Å². The fourth-order valence-electron chi connectivity index (χ4n) is 2.06. The van der Waals surface area contributed by atoms with E-state index >= 15 is 0 Å². The van der Waals surface area contributed by atoms with Crippen molar-refractivity contribution in [1.29, 1.82) is 0 Å². The number of rotatable bonds is 11. The standard InChI is InChI=1S/C18H25BrO6/c1-13(11-19)5-6-14-16(22-3)8-7-15(18(20)23-4)17(14)25-12-24-10-9-21-2/h5,7-8H,6,9-12H2,1-4H3/b13-5+. The van der Waals surface area contributed by atoms with E-state index in [1.807, 2.05) is 13.0 Å². The molecule has 0 N–H and O–H groups in total. The van der Waals surface area contributed by atoms with Crippen molar-refractivity contribution < 1.29 is 28.5 Å². The Balaban J connectivity index is 3.15. The summed E-state index contributed by atoms with van der Waals surface area (Å²) in [6.45, 7) is 2.87. The molecule has 1 rings (SSSR count). The van der Waals surface area contributed by atoms with E-state index in [-0.39, 0.29) is 6.79 Å². The summed E-state index contributed by atoms with van der Waals surface area (Å²) >= 11 is 3.42. The summed E-state index contributed by atoms with van der Waals surface area (Å²) in [7, 11) is 4.51. The number of hydrogen-bond donors (Lipinski definition) is 0. The summed E-state index contributed by atoms with van der Waals surface area (Å²) in [6, 6.07) is 3.36. The van der Waals surface area contributed by atoms with Crippen LogP contribution < -0.4 is 9.47 Å². The zero-order chi connectivity index (χ0) is 18.7. The van der Waals surface area contributed by atoms with Gasteiger partial charge < -0.3 is 23.7 Å².